The standard InChI is InChI=1S/C9H19N3OS/c1-7(2)6-12(9(13)11-3)5-4-8(10)14/h7H,4-6H2,1-3H3,(H2,10,14)(H,11,13). The number of amides is 2. The molecule has 0 saturated heterocycles. The molecule has 82 valence electrons. The van der Waals surface area contributed by atoms with Gasteiger partial charge in [-0.25, -0.2) is 4.79 Å². The number of hydrogen-bond acceptors (Lipinski definition) is 2. The molecule has 0 spiro atoms. The average molecular weight is 217 g/mol. The van der Waals surface area contributed by atoms with Gasteiger partial charge < -0.3 is 16.0 Å². The summed E-state index contributed by atoms with van der Waals surface area (Å²) in [6, 6.07) is -0.0741. The van der Waals surface area contributed by atoms with Crippen molar-refractivity contribution in [3.05, 3.63) is 0 Å². The van der Waals surface area contributed by atoms with Crippen LogP contribution in [0.4, 0.5) is 4.79 Å². The van der Waals surface area contributed by atoms with Crippen LogP contribution in [0.2, 0.25) is 0 Å². The normalized spacial score (nSPS) is 10.0. The molecule has 0 aliphatic rings. The van der Waals surface area contributed by atoms with Crippen LogP contribution in [-0.2, 0) is 0 Å². The number of carbonyl (C=O) groups is 1. The third-order valence-electron chi connectivity index (χ3n) is 1.71. The average Bonchev–Trinajstić information content (AvgIpc) is 2.10. The second-order valence-electron chi connectivity index (χ2n) is 3.61. The zero-order chi connectivity index (χ0) is 11.1. The van der Waals surface area contributed by atoms with E-state index in [-0.39, 0.29) is 6.03 Å². The van der Waals surface area contributed by atoms with Crippen LogP contribution < -0.4 is 11.1 Å². The first-order chi connectivity index (χ1) is 6.47. The van der Waals surface area contributed by atoms with E-state index in [0.29, 0.717) is 23.9 Å². The van der Waals surface area contributed by atoms with Crippen LogP contribution in [0.1, 0.15) is 20.3 Å². The van der Waals surface area contributed by atoms with E-state index in [2.05, 4.69) is 19.2 Å². The Morgan fingerprint density at radius 1 is 1.57 bits per heavy atom. The molecule has 0 saturated carbocycles. The van der Waals surface area contributed by atoms with Crippen molar-refractivity contribution < 1.29 is 4.79 Å². The summed E-state index contributed by atoms with van der Waals surface area (Å²) in [5, 5.41) is 2.60. The summed E-state index contributed by atoms with van der Waals surface area (Å²) < 4.78 is 0. The van der Waals surface area contributed by atoms with Gasteiger partial charge in [0.2, 0.25) is 0 Å². The van der Waals surface area contributed by atoms with Crippen LogP contribution in [0.5, 0.6) is 0 Å². The molecular weight excluding hydrogens is 198 g/mol. The molecular formula is C9H19N3OS. The highest BCUT2D eigenvalue weighted by Gasteiger charge is 2.12. The summed E-state index contributed by atoms with van der Waals surface area (Å²) in [5.74, 6) is 0.443. The van der Waals surface area contributed by atoms with Crippen LogP contribution in [0.15, 0.2) is 0 Å². The van der Waals surface area contributed by atoms with Gasteiger partial charge in [-0.2, -0.15) is 0 Å². The third-order valence-corrected chi connectivity index (χ3v) is 1.92. The molecule has 0 aliphatic carbocycles. The highest BCUT2D eigenvalue weighted by molar-refractivity contribution is 7.80. The maximum absolute atomic E-state index is 11.4. The predicted octanol–water partition coefficient (Wildman–Crippen LogP) is 0.960. The Kier molecular flexibility index (Phi) is 6.19. The number of nitrogens with one attached hydrogen (secondary N) is 1. The number of carbonyl (C=O) groups excluding carboxylic acids is 1. The van der Waals surface area contributed by atoms with E-state index in [4.69, 9.17) is 18.0 Å². The molecule has 0 bridgehead atoms. The Balaban J connectivity index is 4.10. The lowest BCUT2D eigenvalue weighted by atomic mass is 10.2. The third kappa shape index (κ3) is 5.75. The number of rotatable bonds is 5. The van der Waals surface area contributed by atoms with Crippen molar-refractivity contribution in [2.45, 2.75) is 20.3 Å². The SMILES string of the molecule is CNC(=O)N(CCC(N)=S)CC(C)C. The smallest absolute Gasteiger partial charge is 0.317 e. The fraction of sp³-hybridized carbons (Fsp3) is 0.778. The van der Waals surface area contributed by atoms with E-state index >= 15 is 0 Å². The molecule has 0 radical (unpaired) electrons. The molecule has 0 fully saturated rings. The number of urea groups is 1. The van der Waals surface area contributed by atoms with Crippen molar-refractivity contribution >= 4 is 23.2 Å². The van der Waals surface area contributed by atoms with Gasteiger partial charge in [0, 0.05) is 26.6 Å². The fourth-order valence-corrected chi connectivity index (χ4v) is 1.21. The van der Waals surface area contributed by atoms with Gasteiger partial charge in [0.1, 0.15) is 0 Å². The molecule has 2 amide bonds. The van der Waals surface area contributed by atoms with Gasteiger partial charge in [-0.1, -0.05) is 26.1 Å². The van der Waals surface area contributed by atoms with E-state index in [1.54, 1.807) is 11.9 Å². The highest BCUT2D eigenvalue weighted by atomic mass is 32.1. The summed E-state index contributed by atoms with van der Waals surface area (Å²) in [7, 11) is 1.62. The van der Waals surface area contributed by atoms with Crippen molar-refractivity contribution in [1.29, 1.82) is 0 Å². The summed E-state index contributed by atoms with van der Waals surface area (Å²) in [6.07, 6.45) is 0.579. The molecule has 0 heterocycles. The zero-order valence-electron chi connectivity index (χ0n) is 9.04. The molecule has 3 N–H and O–H groups in total. The topological polar surface area (TPSA) is 58.4 Å². The Morgan fingerprint density at radius 2 is 2.14 bits per heavy atom. The molecule has 0 unspecified atom stereocenters. The summed E-state index contributed by atoms with van der Waals surface area (Å²) in [6.45, 7) is 5.45. The lowest BCUT2D eigenvalue weighted by molar-refractivity contribution is 0.195. The van der Waals surface area contributed by atoms with Gasteiger partial charge in [0.25, 0.3) is 0 Å². The van der Waals surface area contributed by atoms with E-state index in [1.165, 1.54) is 0 Å². The molecule has 0 rings (SSSR count). The van der Waals surface area contributed by atoms with E-state index in [0.717, 1.165) is 6.54 Å². The molecule has 5 heteroatoms. The van der Waals surface area contributed by atoms with Crippen molar-refractivity contribution in [1.82, 2.24) is 10.2 Å². The van der Waals surface area contributed by atoms with E-state index in [9.17, 15) is 4.79 Å². The quantitative estimate of drug-likeness (QED) is 0.674. The minimum absolute atomic E-state index is 0.0741. The molecule has 0 aliphatic heterocycles. The number of thiocarbonyl (C=S) groups is 1. The fourth-order valence-electron chi connectivity index (χ4n) is 1.12. The van der Waals surface area contributed by atoms with Crippen LogP contribution in [-0.4, -0.2) is 36.1 Å². The largest absolute Gasteiger partial charge is 0.393 e. The minimum Gasteiger partial charge on any atom is -0.393 e. The number of nitrogens with two attached hydrogens (primary N) is 1. The second kappa shape index (κ2) is 6.59. The Labute approximate surface area is 90.8 Å². The molecule has 14 heavy (non-hydrogen) atoms. The Morgan fingerprint density at radius 3 is 2.50 bits per heavy atom. The number of nitrogens with zero attached hydrogens (tertiary/aromatic N) is 1. The lowest BCUT2D eigenvalue weighted by Gasteiger charge is -2.23. The molecule has 0 aromatic heterocycles. The Hall–Kier alpha value is -0.840. The molecule has 4 nitrogen and oxygen atoms in total. The van der Waals surface area contributed by atoms with Gasteiger partial charge >= 0.3 is 6.03 Å². The van der Waals surface area contributed by atoms with E-state index in [1.807, 2.05) is 0 Å². The molecule has 0 aromatic carbocycles. The van der Waals surface area contributed by atoms with Crippen molar-refractivity contribution in [3.8, 4) is 0 Å². The maximum atomic E-state index is 11.4. The molecule has 0 aromatic rings. The van der Waals surface area contributed by atoms with Gasteiger partial charge in [0.15, 0.2) is 0 Å². The monoisotopic (exact) mass is 217 g/mol. The van der Waals surface area contributed by atoms with Crippen LogP contribution >= 0.6 is 12.2 Å². The minimum atomic E-state index is -0.0741. The van der Waals surface area contributed by atoms with Crippen molar-refractivity contribution in [2.24, 2.45) is 11.7 Å². The summed E-state index contributed by atoms with van der Waals surface area (Å²) >= 11 is 4.77. The van der Waals surface area contributed by atoms with Crippen LogP contribution in [0.25, 0.3) is 0 Å². The van der Waals surface area contributed by atoms with Crippen LogP contribution in [0.3, 0.4) is 0 Å². The highest BCUT2D eigenvalue weighted by Crippen LogP contribution is 2.00. The van der Waals surface area contributed by atoms with Crippen molar-refractivity contribution in [2.75, 3.05) is 20.1 Å². The zero-order valence-corrected chi connectivity index (χ0v) is 9.86. The predicted molar refractivity (Wildman–Crippen MR) is 62.3 cm³/mol. The van der Waals surface area contributed by atoms with Gasteiger partial charge in [-0.05, 0) is 5.92 Å². The van der Waals surface area contributed by atoms with Gasteiger partial charge in [-0.15, -0.1) is 0 Å². The first kappa shape index (κ1) is 13.2. The first-order valence-electron chi connectivity index (χ1n) is 4.72. The van der Waals surface area contributed by atoms with Crippen molar-refractivity contribution in [3.63, 3.8) is 0 Å². The number of hydrogen-bond donors (Lipinski definition) is 2. The van der Waals surface area contributed by atoms with Crippen LogP contribution in [0, 0.1) is 5.92 Å². The maximum Gasteiger partial charge on any atom is 0.317 e. The molecule has 0 atom stereocenters. The second-order valence-corrected chi connectivity index (χ2v) is 4.14. The summed E-state index contributed by atoms with van der Waals surface area (Å²) in [4.78, 5) is 13.6. The Bertz CT molecular complexity index is 206. The first-order valence-corrected chi connectivity index (χ1v) is 5.13. The lowest BCUT2D eigenvalue weighted by Crippen LogP contribution is -2.41. The van der Waals surface area contributed by atoms with Gasteiger partial charge in [-0.3, -0.25) is 0 Å². The van der Waals surface area contributed by atoms with Gasteiger partial charge in [0.05, 0.1) is 4.99 Å². The summed E-state index contributed by atoms with van der Waals surface area (Å²) in [5.41, 5.74) is 5.39. The van der Waals surface area contributed by atoms with E-state index < -0.39 is 0 Å².